The van der Waals surface area contributed by atoms with Gasteiger partial charge in [0.2, 0.25) is 0 Å². The summed E-state index contributed by atoms with van der Waals surface area (Å²) in [5, 5.41) is 9.76. The Balaban J connectivity index is 0.000000386. The Labute approximate surface area is 187 Å². The summed E-state index contributed by atoms with van der Waals surface area (Å²) >= 11 is 4.56. The summed E-state index contributed by atoms with van der Waals surface area (Å²) in [5.41, 5.74) is 5.56. The van der Waals surface area contributed by atoms with Crippen molar-refractivity contribution in [3.63, 3.8) is 0 Å². The van der Waals surface area contributed by atoms with Crippen molar-refractivity contribution in [3.8, 4) is 0 Å². The summed E-state index contributed by atoms with van der Waals surface area (Å²) in [7, 11) is 0. The molecule has 0 aromatic heterocycles. The number of rotatable bonds is 7. The molecule has 3 rings (SSSR count). The van der Waals surface area contributed by atoms with Crippen molar-refractivity contribution in [1.82, 2.24) is 0 Å². The number of aryl methyl sites for hydroxylation is 1. The Bertz CT molecular complexity index is 922. The van der Waals surface area contributed by atoms with Crippen LogP contribution in [0.2, 0.25) is 0 Å². The number of unbranched alkanes of at least 4 members (excludes halogenated alkanes) is 1. The van der Waals surface area contributed by atoms with E-state index in [2.05, 4.69) is 81.3 Å². The van der Waals surface area contributed by atoms with E-state index in [1.165, 1.54) is 11.1 Å². The van der Waals surface area contributed by atoms with Gasteiger partial charge in [0.15, 0.2) is 0 Å². The standard InChI is InChI=1S/C20H25NOS.C7H8/c1-4-5-11-21(14-17-9-7-6-8-10-17)19-12-18(16(3)22)13-20(23)15(19)2;1-7-5-3-2-4-6-7/h6-10,12-13,22-23H,3-5,11,14H2,1-2H3;2-6H,1H3. The van der Waals surface area contributed by atoms with E-state index in [9.17, 15) is 5.11 Å². The van der Waals surface area contributed by atoms with Gasteiger partial charge in [-0.25, -0.2) is 0 Å². The molecule has 0 heterocycles. The second-order valence-electron chi connectivity index (χ2n) is 7.50. The number of nitrogens with zero attached hydrogens (tertiary/aromatic N) is 1. The first kappa shape index (κ1) is 23.6. The van der Waals surface area contributed by atoms with Gasteiger partial charge < -0.3 is 10.0 Å². The van der Waals surface area contributed by atoms with E-state index in [0.717, 1.165) is 47.6 Å². The van der Waals surface area contributed by atoms with E-state index in [-0.39, 0.29) is 5.76 Å². The second-order valence-corrected chi connectivity index (χ2v) is 7.98. The summed E-state index contributed by atoms with van der Waals surface area (Å²) < 4.78 is 0. The Hall–Kier alpha value is -2.65. The molecule has 3 aromatic carbocycles. The predicted molar refractivity (Wildman–Crippen MR) is 134 cm³/mol. The Morgan fingerprint density at radius 2 is 1.57 bits per heavy atom. The van der Waals surface area contributed by atoms with E-state index in [4.69, 9.17) is 0 Å². The van der Waals surface area contributed by atoms with Crippen LogP contribution in [0.1, 0.15) is 42.0 Å². The van der Waals surface area contributed by atoms with Gasteiger partial charge in [-0.05, 0) is 43.5 Å². The van der Waals surface area contributed by atoms with E-state index >= 15 is 0 Å². The van der Waals surface area contributed by atoms with Crippen molar-refractivity contribution in [3.05, 3.63) is 102 Å². The fourth-order valence-corrected chi connectivity index (χ4v) is 3.40. The van der Waals surface area contributed by atoms with Crippen LogP contribution in [0.15, 0.2) is 84.3 Å². The summed E-state index contributed by atoms with van der Waals surface area (Å²) in [4.78, 5) is 3.24. The first-order valence-corrected chi connectivity index (χ1v) is 10.9. The average molecular weight is 420 g/mol. The van der Waals surface area contributed by atoms with E-state index in [0.29, 0.717) is 0 Å². The molecule has 3 heteroatoms. The molecule has 2 nitrogen and oxygen atoms in total. The zero-order chi connectivity index (χ0) is 21.9. The molecule has 0 saturated carbocycles. The fourth-order valence-electron chi connectivity index (χ4n) is 3.15. The maximum absolute atomic E-state index is 9.76. The fraction of sp³-hybridized carbons (Fsp3) is 0.259. The predicted octanol–water partition coefficient (Wildman–Crippen LogP) is 7.61. The van der Waals surface area contributed by atoms with Crippen molar-refractivity contribution < 1.29 is 5.11 Å². The van der Waals surface area contributed by atoms with Gasteiger partial charge in [0.25, 0.3) is 0 Å². The van der Waals surface area contributed by atoms with Crippen LogP contribution in [0.25, 0.3) is 5.76 Å². The van der Waals surface area contributed by atoms with Gasteiger partial charge in [0.05, 0.1) is 0 Å². The maximum atomic E-state index is 9.76. The van der Waals surface area contributed by atoms with Crippen LogP contribution in [0.5, 0.6) is 0 Å². The molecule has 1 N–H and O–H groups in total. The summed E-state index contributed by atoms with van der Waals surface area (Å²) in [6.07, 6.45) is 2.27. The minimum absolute atomic E-state index is 0.0803. The molecule has 30 heavy (non-hydrogen) atoms. The number of hydrogen-bond donors (Lipinski definition) is 2. The van der Waals surface area contributed by atoms with Gasteiger partial charge >= 0.3 is 0 Å². The number of anilines is 1. The lowest BCUT2D eigenvalue weighted by atomic mass is 10.1. The highest BCUT2D eigenvalue weighted by molar-refractivity contribution is 7.80. The van der Waals surface area contributed by atoms with Crippen molar-refractivity contribution in [2.24, 2.45) is 0 Å². The third-order valence-electron chi connectivity index (χ3n) is 4.97. The molecule has 0 aliphatic carbocycles. The lowest BCUT2D eigenvalue weighted by Crippen LogP contribution is -2.25. The van der Waals surface area contributed by atoms with Gasteiger partial charge in [0.1, 0.15) is 5.76 Å². The van der Waals surface area contributed by atoms with Crippen LogP contribution in [0.3, 0.4) is 0 Å². The smallest absolute Gasteiger partial charge is 0.115 e. The lowest BCUT2D eigenvalue weighted by molar-refractivity contribution is 0.513. The molecule has 0 unspecified atom stereocenters. The third kappa shape index (κ3) is 7.31. The van der Waals surface area contributed by atoms with Crippen LogP contribution in [-0.2, 0) is 6.54 Å². The van der Waals surface area contributed by atoms with Gasteiger partial charge in [-0.2, -0.15) is 0 Å². The Kier molecular flexibility index (Phi) is 9.56. The van der Waals surface area contributed by atoms with Gasteiger partial charge in [-0.3, -0.25) is 0 Å². The van der Waals surface area contributed by atoms with Crippen LogP contribution < -0.4 is 4.90 Å². The van der Waals surface area contributed by atoms with Crippen LogP contribution >= 0.6 is 12.6 Å². The molecule has 0 aliphatic rings. The topological polar surface area (TPSA) is 23.5 Å². The van der Waals surface area contributed by atoms with Crippen LogP contribution in [0.4, 0.5) is 5.69 Å². The van der Waals surface area contributed by atoms with Crippen LogP contribution in [0, 0.1) is 13.8 Å². The summed E-state index contributed by atoms with van der Waals surface area (Å²) in [6, 6.07) is 24.6. The van der Waals surface area contributed by atoms with Crippen molar-refractivity contribution in [2.75, 3.05) is 11.4 Å². The maximum Gasteiger partial charge on any atom is 0.115 e. The molecule has 0 atom stereocenters. The van der Waals surface area contributed by atoms with E-state index in [1.807, 2.05) is 36.4 Å². The highest BCUT2D eigenvalue weighted by Gasteiger charge is 2.14. The molecule has 158 valence electrons. The molecule has 0 saturated heterocycles. The zero-order valence-electron chi connectivity index (χ0n) is 18.3. The highest BCUT2D eigenvalue weighted by atomic mass is 32.1. The van der Waals surface area contributed by atoms with E-state index in [1.54, 1.807) is 0 Å². The number of thiol groups is 1. The largest absolute Gasteiger partial charge is 0.508 e. The minimum Gasteiger partial charge on any atom is -0.508 e. The second kappa shape index (κ2) is 12.1. The van der Waals surface area contributed by atoms with Gasteiger partial charge in [-0.15, -0.1) is 12.6 Å². The summed E-state index contributed by atoms with van der Waals surface area (Å²) in [5.74, 6) is 0.0803. The Morgan fingerprint density at radius 1 is 0.967 bits per heavy atom. The number of aliphatic hydroxyl groups is 1. The van der Waals surface area contributed by atoms with Gasteiger partial charge in [0, 0.05) is 29.2 Å². The molecule has 0 amide bonds. The lowest BCUT2D eigenvalue weighted by Gasteiger charge is -2.28. The monoisotopic (exact) mass is 419 g/mol. The van der Waals surface area contributed by atoms with Crippen molar-refractivity contribution in [1.29, 1.82) is 0 Å². The summed E-state index contributed by atoms with van der Waals surface area (Å²) in [6.45, 7) is 11.8. The molecule has 0 aliphatic heterocycles. The zero-order valence-corrected chi connectivity index (χ0v) is 19.2. The minimum atomic E-state index is 0.0803. The van der Waals surface area contributed by atoms with Crippen LogP contribution in [-0.4, -0.2) is 11.7 Å². The SMILES string of the molecule is C=C(O)c1cc(S)c(C)c(N(CCCC)Cc2ccccc2)c1.Cc1ccccc1. The van der Waals surface area contributed by atoms with Gasteiger partial charge in [-0.1, -0.05) is 86.2 Å². The molecule has 0 bridgehead atoms. The molecule has 3 aromatic rings. The number of benzene rings is 3. The molecular weight excluding hydrogens is 386 g/mol. The molecular formula is C27H33NOS. The number of hydrogen-bond acceptors (Lipinski definition) is 3. The highest BCUT2D eigenvalue weighted by Crippen LogP contribution is 2.31. The third-order valence-corrected chi connectivity index (χ3v) is 5.43. The van der Waals surface area contributed by atoms with E-state index < -0.39 is 0 Å². The normalized spacial score (nSPS) is 10.1. The van der Waals surface area contributed by atoms with Crippen molar-refractivity contribution in [2.45, 2.75) is 45.1 Å². The molecule has 0 radical (unpaired) electrons. The first-order chi connectivity index (χ1) is 14.4. The van der Waals surface area contributed by atoms with Crippen molar-refractivity contribution >= 4 is 24.1 Å². The molecule has 0 spiro atoms. The quantitative estimate of drug-likeness (QED) is 0.304. The molecule has 0 fully saturated rings. The Morgan fingerprint density at radius 3 is 2.07 bits per heavy atom. The number of aliphatic hydroxyl groups excluding tert-OH is 1. The average Bonchev–Trinajstić information content (AvgIpc) is 2.74. The first-order valence-electron chi connectivity index (χ1n) is 10.4.